The van der Waals surface area contributed by atoms with Gasteiger partial charge in [-0.3, -0.25) is 9.59 Å². The summed E-state index contributed by atoms with van der Waals surface area (Å²) < 4.78 is 37.6. The molecule has 0 bridgehead atoms. The highest BCUT2D eigenvalue weighted by atomic mass is 19.4. The molecule has 0 radical (unpaired) electrons. The van der Waals surface area contributed by atoms with E-state index in [1.807, 2.05) is 0 Å². The molecule has 1 heterocycles. The number of amides is 1. The van der Waals surface area contributed by atoms with Crippen LogP contribution in [0.5, 0.6) is 5.75 Å². The van der Waals surface area contributed by atoms with Gasteiger partial charge in [-0.25, -0.2) is 0 Å². The van der Waals surface area contributed by atoms with Gasteiger partial charge in [0.05, 0.1) is 5.56 Å². The average Bonchev–Trinajstić information content (AvgIpc) is 2.99. The van der Waals surface area contributed by atoms with Gasteiger partial charge >= 0.3 is 12.1 Å². The molecule has 1 saturated carbocycles. The van der Waals surface area contributed by atoms with Crippen LogP contribution in [0, 0.1) is 5.92 Å². The fourth-order valence-corrected chi connectivity index (χ4v) is 3.39. The van der Waals surface area contributed by atoms with Crippen LogP contribution in [0.15, 0.2) is 18.2 Å². The Kier molecular flexibility index (Phi) is 3.02. The van der Waals surface area contributed by atoms with E-state index in [1.54, 1.807) is 6.07 Å². The number of likely N-dealkylation sites (tertiary alicyclic amines) is 1. The summed E-state index contributed by atoms with van der Waals surface area (Å²) in [6.07, 6.45) is -4.17. The van der Waals surface area contributed by atoms with E-state index < -0.39 is 17.5 Å². The molecule has 1 N–H and O–H groups in total. The summed E-state index contributed by atoms with van der Waals surface area (Å²) in [4.78, 5) is 23.7. The minimum absolute atomic E-state index is 0.00186. The average molecular weight is 313 g/mol. The molecule has 1 aliphatic heterocycles. The zero-order valence-electron chi connectivity index (χ0n) is 11.8. The van der Waals surface area contributed by atoms with Gasteiger partial charge in [0.15, 0.2) is 5.78 Å². The van der Waals surface area contributed by atoms with Crippen molar-refractivity contribution in [2.24, 2.45) is 5.92 Å². The molecular formula is C15H14F3NO3. The number of carbonyl (C=O) groups is 2. The first-order valence-electron chi connectivity index (χ1n) is 6.86. The first-order valence-corrected chi connectivity index (χ1v) is 6.86. The number of rotatable bonds is 2. The molecule has 22 heavy (non-hydrogen) atoms. The SMILES string of the molecule is CC(=O)c1cc(C23CC2CN(C(=O)C(F)(F)F)C3)ccc1O. The van der Waals surface area contributed by atoms with E-state index in [4.69, 9.17) is 0 Å². The van der Waals surface area contributed by atoms with Crippen molar-refractivity contribution in [1.82, 2.24) is 4.90 Å². The Hall–Kier alpha value is -2.05. The first-order chi connectivity index (χ1) is 10.1. The molecule has 2 aliphatic rings. The van der Waals surface area contributed by atoms with Crippen molar-refractivity contribution in [3.05, 3.63) is 29.3 Å². The minimum Gasteiger partial charge on any atom is -0.507 e. The smallest absolute Gasteiger partial charge is 0.471 e. The predicted molar refractivity (Wildman–Crippen MR) is 70.5 cm³/mol. The lowest BCUT2D eigenvalue weighted by Gasteiger charge is -2.22. The number of hydrogen-bond acceptors (Lipinski definition) is 3. The second kappa shape index (κ2) is 4.47. The first kappa shape index (κ1) is 14.9. The van der Waals surface area contributed by atoms with Crippen LogP contribution in [0.3, 0.4) is 0 Å². The summed E-state index contributed by atoms with van der Waals surface area (Å²) in [6.45, 7) is 1.39. The van der Waals surface area contributed by atoms with Crippen LogP contribution in [-0.2, 0) is 10.2 Å². The number of fused-ring (bicyclic) bond motifs is 1. The summed E-state index contributed by atoms with van der Waals surface area (Å²) in [5.41, 5.74) is 0.342. The number of phenols is 1. The molecule has 3 rings (SSSR count). The van der Waals surface area contributed by atoms with Gasteiger partial charge in [-0.2, -0.15) is 13.2 Å². The lowest BCUT2D eigenvalue weighted by Crippen LogP contribution is -2.41. The molecule has 2 unspecified atom stereocenters. The van der Waals surface area contributed by atoms with Gasteiger partial charge in [0.1, 0.15) is 5.75 Å². The van der Waals surface area contributed by atoms with Gasteiger partial charge < -0.3 is 10.0 Å². The molecule has 2 atom stereocenters. The number of phenolic OH excluding ortho intramolecular Hbond substituents is 1. The molecule has 1 aromatic carbocycles. The molecule has 0 spiro atoms. The molecule has 118 valence electrons. The van der Waals surface area contributed by atoms with Crippen molar-refractivity contribution < 1.29 is 27.9 Å². The Morgan fingerprint density at radius 3 is 2.64 bits per heavy atom. The maximum Gasteiger partial charge on any atom is 0.471 e. The zero-order valence-corrected chi connectivity index (χ0v) is 11.8. The highest BCUT2D eigenvalue weighted by Crippen LogP contribution is 2.59. The number of benzene rings is 1. The van der Waals surface area contributed by atoms with Crippen molar-refractivity contribution in [2.45, 2.75) is 24.9 Å². The van der Waals surface area contributed by atoms with Gasteiger partial charge in [-0.1, -0.05) is 6.07 Å². The molecular weight excluding hydrogens is 299 g/mol. The number of ketones is 1. The van der Waals surface area contributed by atoms with Crippen LogP contribution in [0.2, 0.25) is 0 Å². The van der Waals surface area contributed by atoms with Crippen LogP contribution >= 0.6 is 0 Å². The van der Waals surface area contributed by atoms with E-state index in [9.17, 15) is 27.9 Å². The molecule has 4 nitrogen and oxygen atoms in total. The third-order valence-electron chi connectivity index (χ3n) is 4.63. The van der Waals surface area contributed by atoms with Gasteiger partial charge in [0, 0.05) is 18.5 Å². The fourth-order valence-electron chi connectivity index (χ4n) is 3.39. The molecule has 2 fully saturated rings. The fraction of sp³-hybridized carbons (Fsp3) is 0.467. The van der Waals surface area contributed by atoms with Crippen LogP contribution < -0.4 is 0 Å². The van der Waals surface area contributed by atoms with Crippen molar-refractivity contribution in [1.29, 1.82) is 0 Å². The highest BCUT2D eigenvalue weighted by Gasteiger charge is 2.63. The molecule has 0 aromatic heterocycles. The van der Waals surface area contributed by atoms with Crippen molar-refractivity contribution in [3.8, 4) is 5.75 Å². The summed E-state index contributed by atoms with van der Waals surface area (Å²) in [5.74, 6) is -2.30. The number of piperidine rings is 1. The minimum atomic E-state index is -4.86. The van der Waals surface area contributed by atoms with Crippen LogP contribution in [-0.4, -0.2) is 41.0 Å². The monoisotopic (exact) mass is 313 g/mol. The quantitative estimate of drug-likeness (QED) is 0.852. The number of carbonyl (C=O) groups excluding carboxylic acids is 2. The standard InChI is InChI=1S/C15H14F3NO3/c1-8(20)11-4-9(2-3-12(11)21)14-5-10(14)6-19(7-14)13(22)15(16,17)18/h2-4,10,21H,5-7H2,1H3. The maximum atomic E-state index is 12.5. The number of nitrogens with zero attached hydrogens (tertiary/aromatic N) is 1. The Labute approximate surface area is 124 Å². The summed E-state index contributed by atoms with van der Waals surface area (Å²) in [6, 6.07) is 4.52. The Morgan fingerprint density at radius 1 is 1.36 bits per heavy atom. The van der Waals surface area contributed by atoms with Gasteiger partial charge in [0.2, 0.25) is 0 Å². The van der Waals surface area contributed by atoms with Gasteiger partial charge in [0.25, 0.3) is 0 Å². The second-order valence-corrected chi connectivity index (χ2v) is 6.03. The van der Waals surface area contributed by atoms with Crippen LogP contribution in [0.25, 0.3) is 0 Å². The predicted octanol–water partition coefficient (Wildman–Crippen LogP) is 2.26. The van der Waals surface area contributed by atoms with Crippen LogP contribution in [0.4, 0.5) is 13.2 Å². The number of halogens is 3. The van der Waals surface area contributed by atoms with E-state index >= 15 is 0 Å². The Balaban J connectivity index is 1.87. The lowest BCUT2D eigenvalue weighted by molar-refractivity contribution is -0.184. The summed E-state index contributed by atoms with van der Waals surface area (Å²) >= 11 is 0. The highest BCUT2D eigenvalue weighted by molar-refractivity contribution is 5.97. The summed E-state index contributed by atoms with van der Waals surface area (Å²) in [7, 11) is 0. The van der Waals surface area contributed by atoms with E-state index in [0.29, 0.717) is 12.0 Å². The Bertz CT molecular complexity index is 670. The van der Waals surface area contributed by atoms with Crippen molar-refractivity contribution in [2.75, 3.05) is 13.1 Å². The molecule has 1 amide bonds. The number of hydrogen-bond donors (Lipinski definition) is 1. The topological polar surface area (TPSA) is 57.6 Å². The number of aromatic hydroxyl groups is 1. The number of Topliss-reactive ketones (excluding diaryl/α,β-unsaturated/α-hetero) is 1. The molecule has 7 heteroatoms. The number of alkyl halides is 3. The second-order valence-electron chi connectivity index (χ2n) is 6.03. The lowest BCUT2D eigenvalue weighted by atomic mass is 9.92. The molecule has 1 saturated heterocycles. The third kappa shape index (κ3) is 2.15. The summed E-state index contributed by atoms with van der Waals surface area (Å²) in [5, 5.41) is 9.66. The van der Waals surface area contributed by atoms with E-state index in [1.165, 1.54) is 19.1 Å². The van der Waals surface area contributed by atoms with Gasteiger partial charge in [-0.15, -0.1) is 0 Å². The van der Waals surface area contributed by atoms with E-state index in [-0.39, 0.29) is 36.1 Å². The third-order valence-corrected chi connectivity index (χ3v) is 4.63. The Morgan fingerprint density at radius 2 is 2.05 bits per heavy atom. The van der Waals surface area contributed by atoms with E-state index in [2.05, 4.69) is 0 Å². The zero-order chi connectivity index (χ0) is 16.3. The van der Waals surface area contributed by atoms with Crippen molar-refractivity contribution in [3.63, 3.8) is 0 Å². The largest absolute Gasteiger partial charge is 0.507 e. The van der Waals surface area contributed by atoms with Crippen LogP contribution in [0.1, 0.15) is 29.3 Å². The molecule has 1 aromatic rings. The van der Waals surface area contributed by atoms with E-state index in [0.717, 1.165) is 4.90 Å². The normalized spacial score (nSPS) is 26.7. The maximum absolute atomic E-state index is 12.5. The van der Waals surface area contributed by atoms with Crippen molar-refractivity contribution >= 4 is 11.7 Å². The van der Waals surface area contributed by atoms with Gasteiger partial charge in [-0.05, 0) is 37.0 Å². The molecule has 1 aliphatic carbocycles.